The Morgan fingerprint density at radius 3 is 0.760 bits per heavy atom. The zero-order valence-corrected chi connectivity index (χ0v) is 67.3. The summed E-state index contributed by atoms with van der Waals surface area (Å²) in [5.41, 5.74) is 0. The van der Waals surface area contributed by atoms with Crippen LogP contribution in [0.1, 0.15) is 427 Å². The number of esters is 4. The largest absolute Gasteiger partial charge is 0.472 e. The van der Waals surface area contributed by atoms with E-state index >= 15 is 0 Å². The Bertz CT molecular complexity index is 1930. The first-order valence-electron chi connectivity index (χ1n) is 42.0. The molecule has 19 heteroatoms. The van der Waals surface area contributed by atoms with Crippen LogP contribution in [0.4, 0.5) is 0 Å². The van der Waals surface area contributed by atoms with Gasteiger partial charge in [-0.1, -0.05) is 375 Å². The maximum Gasteiger partial charge on any atom is 0.472 e. The quantitative estimate of drug-likeness (QED) is 0.0222. The molecule has 594 valence electrons. The van der Waals surface area contributed by atoms with Crippen LogP contribution in [0.5, 0.6) is 0 Å². The second-order valence-corrected chi connectivity index (χ2v) is 32.8. The van der Waals surface area contributed by atoms with Crippen LogP contribution in [0.2, 0.25) is 0 Å². The number of phosphoric ester groups is 2. The van der Waals surface area contributed by atoms with E-state index in [-0.39, 0.29) is 25.7 Å². The number of unbranched alkanes of at least 4 members (excludes halogenated alkanes) is 49. The maximum absolute atomic E-state index is 13.1. The van der Waals surface area contributed by atoms with E-state index in [9.17, 15) is 43.2 Å². The lowest BCUT2D eigenvalue weighted by Crippen LogP contribution is -2.30. The smallest absolute Gasteiger partial charge is 0.462 e. The molecule has 3 N–H and O–H groups in total. The Balaban J connectivity index is 5.21. The molecule has 100 heavy (non-hydrogen) atoms. The molecule has 0 aliphatic heterocycles. The van der Waals surface area contributed by atoms with Gasteiger partial charge in [0, 0.05) is 25.7 Å². The van der Waals surface area contributed by atoms with Gasteiger partial charge in [0.05, 0.1) is 26.4 Å². The SMILES string of the molecule is CCCCCCCCCCCCCCCCCCCCCCCCC(=O)O[C@H](COC(=O)CCCCCCCCCCCCCC(C)C)COP(=O)(O)OC[C@@H](O)COP(=O)(O)OC[C@@H](COC(=O)CCCCCCCCCCCCCC)OC(=O)CCCCCCCCCCC(C)CC. The lowest BCUT2D eigenvalue weighted by atomic mass is 9.99. The fraction of sp³-hybridized carbons (Fsp3) is 0.951. The van der Waals surface area contributed by atoms with Crippen molar-refractivity contribution in [1.82, 2.24) is 0 Å². The van der Waals surface area contributed by atoms with Crippen molar-refractivity contribution in [3.63, 3.8) is 0 Å². The van der Waals surface area contributed by atoms with E-state index in [0.717, 1.165) is 102 Å². The van der Waals surface area contributed by atoms with E-state index in [1.807, 2.05) is 0 Å². The molecular weight excluding hydrogens is 1310 g/mol. The van der Waals surface area contributed by atoms with E-state index in [1.165, 1.54) is 244 Å². The first-order chi connectivity index (χ1) is 48.4. The van der Waals surface area contributed by atoms with Crippen molar-refractivity contribution in [2.45, 2.75) is 445 Å². The van der Waals surface area contributed by atoms with Gasteiger partial charge in [-0.3, -0.25) is 37.3 Å². The van der Waals surface area contributed by atoms with Gasteiger partial charge < -0.3 is 33.8 Å². The summed E-state index contributed by atoms with van der Waals surface area (Å²) in [6.07, 6.45) is 62.5. The molecule has 0 fully saturated rings. The van der Waals surface area contributed by atoms with Crippen LogP contribution in [0.3, 0.4) is 0 Å². The van der Waals surface area contributed by atoms with Crippen molar-refractivity contribution in [3.8, 4) is 0 Å². The molecule has 0 rings (SSSR count). The third-order valence-corrected chi connectivity index (χ3v) is 21.2. The highest BCUT2D eigenvalue weighted by molar-refractivity contribution is 7.47. The molecule has 17 nitrogen and oxygen atoms in total. The predicted molar refractivity (Wildman–Crippen MR) is 409 cm³/mol. The molecule has 3 unspecified atom stereocenters. The van der Waals surface area contributed by atoms with Crippen LogP contribution in [0.15, 0.2) is 0 Å². The zero-order valence-electron chi connectivity index (χ0n) is 65.5. The molecule has 0 aromatic rings. The molecule has 0 saturated heterocycles. The average molecular weight is 1470 g/mol. The van der Waals surface area contributed by atoms with Crippen LogP contribution < -0.4 is 0 Å². The molecule has 0 amide bonds. The Hall–Kier alpha value is -1.94. The molecule has 0 aliphatic carbocycles. The fourth-order valence-electron chi connectivity index (χ4n) is 12.5. The Morgan fingerprint density at radius 1 is 0.290 bits per heavy atom. The topological polar surface area (TPSA) is 237 Å². The van der Waals surface area contributed by atoms with Crippen molar-refractivity contribution in [1.29, 1.82) is 0 Å². The van der Waals surface area contributed by atoms with Gasteiger partial charge >= 0.3 is 39.5 Å². The number of carbonyl (C=O) groups excluding carboxylic acids is 4. The summed E-state index contributed by atoms with van der Waals surface area (Å²) in [6.45, 7) is 9.63. The van der Waals surface area contributed by atoms with Gasteiger partial charge in [0.1, 0.15) is 19.3 Å². The van der Waals surface area contributed by atoms with Gasteiger partial charge in [0.2, 0.25) is 0 Å². The van der Waals surface area contributed by atoms with Crippen LogP contribution >= 0.6 is 15.6 Å². The summed E-state index contributed by atoms with van der Waals surface area (Å²) in [7, 11) is -9.92. The van der Waals surface area contributed by atoms with Crippen LogP contribution in [0.25, 0.3) is 0 Å². The molecule has 0 spiro atoms. The van der Waals surface area contributed by atoms with Gasteiger partial charge in [-0.25, -0.2) is 9.13 Å². The normalized spacial score (nSPS) is 14.2. The Kier molecular flexibility index (Phi) is 71.2. The van der Waals surface area contributed by atoms with Gasteiger partial charge in [0.15, 0.2) is 12.2 Å². The first-order valence-corrected chi connectivity index (χ1v) is 45.0. The molecule has 0 bridgehead atoms. The molecule has 0 heterocycles. The monoisotopic (exact) mass is 1470 g/mol. The van der Waals surface area contributed by atoms with Gasteiger partial charge in [0.25, 0.3) is 0 Å². The van der Waals surface area contributed by atoms with Crippen LogP contribution in [-0.2, 0) is 65.4 Å². The average Bonchev–Trinajstić information content (AvgIpc) is 1.02. The molecule has 0 saturated carbocycles. The summed E-state index contributed by atoms with van der Waals surface area (Å²) in [5, 5.41) is 10.6. The maximum atomic E-state index is 13.1. The highest BCUT2D eigenvalue weighted by atomic mass is 31.2. The Morgan fingerprint density at radius 2 is 0.510 bits per heavy atom. The van der Waals surface area contributed by atoms with Crippen LogP contribution in [0, 0.1) is 11.8 Å². The van der Waals surface area contributed by atoms with Gasteiger partial charge in [-0.15, -0.1) is 0 Å². The van der Waals surface area contributed by atoms with Gasteiger partial charge in [-0.2, -0.15) is 0 Å². The van der Waals surface area contributed by atoms with E-state index in [1.54, 1.807) is 0 Å². The summed E-state index contributed by atoms with van der Waals surface area (Å²) in [4.78, 5) is 73.0. The highest BCUT2D eigenvalue weighted by Crippen LogP contribution is 2.45. The number of hydrogen-bond donors (Lipinski definition) is 3. The van der Waals surface area contributed by atoms with Crippen molar-refractivity contribution < 1.29 is 80.2 Å². The minimum atomic E-state index is -4.96. The lowest BCUT2D eigenvalue weighted by Gasteiger charge is -2.21. The van der Waals surface area contributed by atoms with Crippen molar-refractivity contribution in [2.75, 3.05) is 39.6 Å². The van der Waals surface area contributed by atoms with E-state index in [0.29, 0.717) is 25.7 Å². The van der Waals surface area contributed by atoms with E-state index < -0.39 is 97.5 Å². The number of hydrogen-bond acceptors (Lipinski definition) is 15. The third kappa shape index (κ3) is 73.0. The fourth-order valence-corrected chi connectivity index (χ4v) is 14.1. The summed E-state index contributed by atoms with van der Waals surface area (Å²) < 4.78 is 68.7. The number of rotatable bonds is 80. The molecule has 0 radical (unpaired) electrons. The van der Waals surface area contributed by atoms with E-state index in [2.05, 4.69) is 41.5 Å². The van der Waals surface area contributed by atoms with Crippen molar-refractivity contribution in [3.05, 3.63) is 0 Å². The molecule has 0 aromatic carbocycles. The number of aliphatic hydroxyl groups is 1. The summed E-state index contributed by atoms with van der Waals surface area (Å²) >= 11 is 0. The minimum absolute atomic E-state index is 0.106. The standard InChI is InChI=1S/C81H158O17P2/c1-7-10-12-14-16-18-20-22-23-24-25-26-27-28-29-30-31-35-40-47-53-59-65-80(85)97-76(69-91-79(84)64-58-52-46-39-36-32-33-37-43-49-55-61-73(4)5)71-95-99(87,88)93-67-75(82)68-94-100(89,90)96-72-77(98-81(86)66-60-54-48-42-41-44-50-56-62-74(6)9-3)70-92-78(83)63-57-51-45-38-34-21-19-17-15-13-11-8-2/h73-77,82H,7-72H2,1-6H3,(H,87,88)(H,89,90)/t74?,75-,76-,77-/m1/s1. The van der Waals surface area contributed by atoms with Crippen molar-refractivity contribution >= 4 is 39.5 Å². The Labute approximate surface area is 613 Å². The van der Waals surface area contributed by atoms with Crippen LogP contribution in [-0.4, -0.2) is 96.7 Å². The number of phosphoric acid groups is 2. The minimum Gasteiger partial charge on any atom is -0.462 e. The predicted octanol–water partition coefficient (Wildman–Crippen LogP) is 24.3. The van der Waals surface area contributed by atoms with Gasteiger partial charge in [-0.05, 0) is 37.5 Å². The number of carbonyl (C=O) groups is 4. The zero-order chi connectivity index (χ0) is 73.5. The second-order valence-electron chi connectivity index (χ2n) is 29.9. The first kappa shape index (κ1) is 98.1. The third-order valence-electron chi connectivity index (χ3n) is 19.3. The highest BCUT2D eigenvalue weighted by Gasteiger charge is 2.30. The summed E-state index contributed by atoms with van der Waals surface area (Å²) in [5.74, 6) is -0.570. The second kappa shape index (κ2) is 72.6. The summed E-state index contributed by atoms with van der Waals surface area (Å²) in [6, 6.07) is 0. The van der Waals surface area contributed by atoms with E-state index in [4.69, 9.17) is 37.0 Å². The molecular formula is C81H158O17P2. The number of ether oxygens (including phenoxy) is 4. The molecule has 0 aromatic heterocycles. The lowest BCUT2D eigenvalue weighted by molar-refractivity contribution is -0.161. The van der Waals surface area contributed by atoms with Crippen molar-refractivity contribution in [2.24, 2.45) is 11.8 Å². The molecule has 0 aliphatic rings. The number of aliphatic hydroxyl groups excluding tert-OH is 1. The molecule has 6 atom stereocenters.